The van der Waals surface area contributed by atoms with Gasteiger partial charge in [-0.15, -0.1) is 0 Å². The highest BCUT2D eigenvalue weighted by Gasteiger charge is 2.22. The molecule has 0 aliphatic rings. The van der Waals surface area contributed by atoms with E-state index in [0.29, 0.717) is 46.2 Å². The molecule has 0 bridgehead atoms. The van der Waals surface area contributed by atoms with Crippen LogP contribution < -0.4 is 0 Å². The Balaban J connectivity index is 3.52. The second kappa shape index (κ2) is 12.1. The molecule has 0 saturated carbocycles. The molecule has 0 aliphatic carbocycles. The van der Waals surface area contributed by atoms with E-state index in [2.05, 4.69) is 0 Å². The lowest BCUT2D eigenvalue weighted by Gasteiger charge is -2.16. The minimum absolute atomic E-state index is 0.271. The molecule has 0 aliphatic heterocycles. The van der Waals surface area contributed by atoms with Gasteiger partial charge in [0.2, 0.25) is 0 Å². The zero-order chi connectivity index (χ0) is 13.7. The van der Waals surface area contributed by atoms with Crippen molar-refractivity contribution in [2.24, 2.45) is 0 Å². The van der Waals surface area contributed by atoms with E-state index in [9.17, 15) is 4.57 Å². The van der Waals surface area contributed by atoms with Crippen molar-refractivity contribution in [3.05, 3.63) is 0 Å². The summed E-state index contributed by atoms with van der Waals surface area (Å²) in [5.41, 5.74) is 0. The first-order valence-corrected chi connectivity index (χ1v) is 7.94. The van der Waals surface area contributed by atoms with Crippen LogP contribution in [0.15, 0.2) is 0 Å². The summed E-state index contributed by atoms with van der Waals surface area (Å²) in [6.45, 7) is 6.74. The third-order valence-electron chi connectivity index (χ3n) is 1.96. The summed E-state index contributed by atoms with van der Waals surface area (Å²) in [6, 6.07) is 0. The monoisotopic (exact) mass is 284 g/mol. The molecule has 0 rings (SSSR count). The van der Waals surface area contributed by atoms with Crippen LogP contribution in [0, 0.1) is 0 Å². The smallest absolute Gasteiger partial charge is 0.332 e. The Labute approximate surface area is 109 Å². The highest BCUT2D eigenvalue weighted by molar-refractivity contribution is 7.53. The molecule has 6 nitrogen and oxygen atoms in total. The van der Waals surface area contributed by atoms with Gasteiger partial charge in [-0.05, 0) is 13.8 Å². The summed E-state index contributed by atoms with van der Waals surface area (Å²) in [5.74, 6) is 0. The molecule has 0 aromatic heterocycles. The van der Waals surface area contributed by atoms with Crippen molar-refractivity contribution >= 4 is 7.60 Å². The Morgan fingerprint density at radius 1 is 0.833 bits per heavy atom. The van der Waals surface area contributed by atoms with Gasteiger partial charge in [-0.3, -0.25) is 4.57 Å². The molecule has 0 amide bonds. The fourth-order valence-electron chi connectivity index (χ4n) is 1.20. The molecule has 0 heterocycles. The summed E-state index contributed by atoms with van der Waals surface area (Å²) in [4.78, 5) is 0. The van der Waals surface area contributed by atoms with E-state index in [1.54, 1.807) is 21.0 Å². The van der Waals surface area contributed by atoms with Gasteiger partial charge in [0.15, 0.2) is 0 Å². The zero-order valence-corrected chi connectivity index (χ0v) is 12.4. The van der Waals surface area contributed by atoms with Crippen LogP contribution in [0.25, 0.3) is 0 Å². The van der Waals surface area contributed by atoms with Crippen LogP contribution in [0.2, 0.25) is 0 Å². The van der Waals surface area contributed by atoms with E-state index in [4.69, 9.17) is 23.3 Å². The largest absolute Gasteiger partial charge is 0.382 e. The average Bonchev–Trinajstić information content (AvgIpc) is 2.33. The van der Waals surface area contributed by atoms with E-state index in [1.807, 2.05) is 0 Å². The second-order valence-corrected chi connectivity index (χ2v) is 5.57. The lowest BCUT2D eigenvalue weighted by Crippen LogP contribution is -2.11. The molecule has 0 unspecified atom stereocenters. The molecule has 0 N–H and O–H groups in total. The lowest BCUT2D eigenvalue weighted by atomic mass is 10.7. The van der Waals surface area contributed by atoms with Crippen molar-refractivity contribution in [2.45, 2.75) is 13.8 Å². The molecule has 0 fully saturated rings. The Bertz CT molecular complexity index is 214. The molecule has 18 heavy (non-hydrogen) atoms. The Kier molecular flexibility index (Phi) is 12.1. The van der Waals surface area contributed by atoms with Crippen LogP contribution in [0.1, 0.15) is 13.8 Å². The zero-order valence-electron chi connectivity index (χ0n) is 11.6. The number of hydrogen-bond acceptors (Lipinski definition) is 6. The maximum Gasteiger partial charge on any atom is 0.332 e. The maximum atomic E-state index is 12.0. The van der Waals surface area contributed by atoms with Crippen molar-refractivity contribution in [3.8, 4) is 0 Å². The second-order valence-electron chi connectivity index (χ2n) is 3.39. The van der Waals surface area contributed by atoms with Gasteiger partial charge in [0, 0.05) is 7.11 Å². The normalized spacial score (nSPS) is 11.9. The van der Waals surface area contributed by atoms with Gasteiger partial charge in [-0.2, -0.15) is 0 Å². The van der Waals surface area contributed by atoms with Gasteiger partial charge in [0.05, 0.1) is 52.4 Å². The van der Waals surface area contributed by atoms with Gasteiger partial charge in [-0.25, -0.2) is 0 Å². The van der Waals surface area contributed by atoms with Crippen LogP contribution in [0.5, 0.6) is 0 Å². The molecular formula is C11H25O6P. The van der Waals surface area contributed by atoms with Crippen LogP contribution in [0.4, 0.5) is 0 Å². The SMILES string of the molecule is CCOP(=O)(CCOCCOCCOC)OCC. The number of methoxy groups -OCH3 is 1. The van der Waals surface area contributed by atoms with Crippen molar-refractivity contribution in [1.82, 2.24) is 0 Å². The van der Waals surface area contributed by atoms with E-state index >= 15 is 0 Å². The minimum atomic E-state index is -2.97. The van der Waals surface area contributed by atoms with Gasteiger partial charge < -0.3 is 23.3 Å². The fourth-order valence-corrected chi connectivity index (χ4v) is 2.67. The molecule has 7 heteroatoms. The van der Waals surface area contributed by atoms with Crippen molar-refractivity contribution in [1.29, 1.82) is 0 Å². The molecule has 110 valence electrons. The standard InChI is InChI=1S/C11H25O6P/c1-4-16-18(12,17-5-2)11-10-15-9-8-14-7-6-13-3/h4-11H2,1-3H3. The Hall–Kier alpha value is 0.0300. The number of ether oxygens (including phenoxy) is 3. The van der Waals surface area contributed by atoms with Crippen LogP contribution in [0.3, 0.4) is 0 Å². The first kappa shape index (κ1) is 18.0. The van der Waals surface area contributed by atoms with E-state index in [-0.39, 0.29) is 6.16 Å². The highest BCUT2D eigenvalue weighted by Crippen LogP contribution is 2.47. The summed E-state index contributed by atoms with van der Waals surface area (Å²) in [6.07, 6.45) is 0.271. The van der Waals surface area contributed by atoms with Gasteiger partial charge in [0.1, 0.15) is 0 Å². The predicted octanol–water partition coefficient (Wildman–Crippen LogP) is 1.93. The molecular weight excluding hydrogens is 259 g/mol. The predicted molar refractivity (Wildman–Crippen MR) is 69.2 cm³/mol. The van der Waals surface area contributed by atoms with Crippen LogP contribution in [-0.4, -0.2) is 59.5 Å². The van der Waals surface area contributed by atoms with E-state index in [1.165, 1.54) is 0 Å². The van der Waals surface area contributed by atoms with Crippen molar-refractivity contribution < 1.29 is 27.8 Å². The third kappa shape index (κ3) is 10.00. The highest BCUT2D eigenvalue weighted by atomic mass is 31.2. The van der Waals surface area contributed by atoms with Gasteiger partial charge in [-0.1, -0.05) is 0 Å². The first-order chi connectivity index (χ1) is 8.68. The summed E-state index contributed by atoms with van der Waals surface area (Å²) < 4.78 is 37.6. The molecule has 0 aromatic carbocycles. The third-order valence-corrected chi connectivity index (χ3v) is 4.00. The quantitative estimate of drug-likeness (QED) is 0.380. The molecule has 0 radical (unpaired) electrons. The van der Waals surface area contributed by atoms with Gasteiger partial charge in [0.25, 0.3) is 0 Å². The molecule has 0 saturated heterocycles. The summed E-state index contributed by atoms with van der Waals surface area (Å²) in [7, 11) is -1.35. The van der Waals surface area contributed by atoms with Crippen molar-refractivity contribution in [2.75, 3.05) is 59.5 Å². The van der Waals surface area contributed by atoms with E-state index < -0.39 is 7.60 Å². The Morgan fingerprint density at radius 2 is 1.33 bits per heavy atom. The first-order valence-electron chi connectivity index (χ1n) is 6.21. The van der Waals surface area contributed by atoms with Gasteiger partial charge >= 0.3 is 7.60 Å². The molecule has 0 aromatic rings. The Morgan fingerprint density at radius 3 is 1.83 bits per heavy atom. The fraction of sp³-hybridized carbons (Fsp3) is 1.00. The van der Waals surface area contributed by atoms with Crippen molar-refractivity contribution in [3.63, 3.8) is 0 Å². The van der Waals surface area contributed by atoms with Crippen LogP contribution in [-0.2, 0) is 27.8 Å². The topological polar surface area (TPSA) is 63.2 Å². The van der Waals surface area contributed by atoms with E-state index in [0.717, 1.165) is 0 Å². The summed E-state index contributed by atoms with van der Waals surface area (Å²) in [5, 5.41) is 0. The minimum Gasteiger partial charge on any atom is -0.382 e. The lowest BCUT2D eigenvalue weighted by molar-refractivity contribution is 0.0275. The molecule has 0 atom stereocenters. The average molecular weight is 284 g/mol. The molecule has 0 spiro atoms. The number of rotatable bonds is 13. The van der Waals surface area contributed by atoms with Crippen LogP contribution >= 0.6 is 7.60 Å². The summed E-state index contributed by atoms with van der Waals surface area (Å²) >= 11 is 0. The maximum absolute atomic E-state index is 12.0. The number of hydrogen-bond donors (Lipinski definition) is 0.